The summed E-state index contributed by atoms with van der Waals surface area (Å²) >= 11 is 17.3. The standard InChI is InChI=1S/C10H10Cl3N3O/c1-16(2)10(17)9(13)15-14-6-3-4-7(11)8(12)5-6/h3-5,14H,1-2H3/b15-9-. The van der Waals surface area contributed by atoms with Gasteiger partial charge in [0.1, 0.15) is 0 Å². The molecule has 0 unspecified atom stereocenters. The summed E-state index contributed by atoms with van der Waals surface area (Å²) in [6.07, 6.45) is 0. The van der Waals surface area contributed by atoms with Crippen LogP contribution in [0.15, 0.2) is 23.3 Å². The van der Waals surface area contributed by atoms with Crippen LogP contribution in [0.4, 0.5) is 5.69 Å². The van der Waals surface area contributed by atoms with Gasteiger partial charge in [0.2, 0.25) is 5.17 Å². The van der Waals surface area contributed by atoms with Crippen LogP contribution in [0.25, 0.3) is 0 Å². The molecule has 0 saturated heterocycles. The molecule has 0 spiro atoms. The zero-order valence-corrected chi connectivity index (χ0v) is 11.4. The third-order valence-electron chi connectivity index (χ3n) is 1.79. The van der Waals surface area contributed by atoms with E-state index in [0.717, 1.165) is 0 Å². The van der Waals surface area contributed by atoms with Crippen molar-refractivity contribution in [3.63, 3.8) is 0 Å². The molecule has 7 heteroatoms. The number of amides is 1. The van der Waals surface area contributed by atoms with Gasteiger partial charge in [0, 0.05) is 14.1 Å². The van der Waals surface area contributed by atoms with Crippen LogP contribution in [0.5, 0.6) is 0 Å². The zero-order valence-electron chi connectivity index (χ0n) is 9.17. The first-order valence-corrected chi connectivity index (χ1v) is 5.71. The van der Waals surface area contributed by atoms with Gasteiger partial charge < -0.3 is 4.90 Å². The van der Waals surface area contributed by atoms with Crippen LogP contribution in [0.2, 0.25) is 10.0 Å². The molecule has 17 heavy (non-hydrogen) atoms. The van der Waals surface area contributed by atoms with Gasteiger partial charge >= 0.3 is 0 Å². The Kier molecular flexibility index (Phi) is 5.05. The van der Waals surface area contributed by atoms with Crippen molar-refractivity contribution in [1.82, 2.24) is 4.90 Å². The Labute approximate surface area is 114 Å². The molecule has 0 bridgehead atoms. The molecular weight excluding hydrogens is 284 g/mol. The smallest absolute Gasteiger partial charge is 0.285 e. The summed E-state index contributed by atoms with van der Waals surface area (Å²) in [7, 11) is 3.17. The Morgan fingerprint density at radius 2 is 1.94 bits per heavy atom. The molecule has 1 aromatic carbocycles. The van der Waals surface area contributed by atoms with E-state index < -0.39 is 0 Å². The highest BCUT2D eigenvalue weighted by Crippen LogP contribution is 2.24. The molecule has 0 fully saturated rings. The molecule has 1 aromatic rings. The largest absolute Gasteiger partial charge is 0.343 e. The van der Waals surface area contributed by atoms with Crippen LogP contribution in [0, 0.1) is 0 Å². The lowest BCUT2D eigenvalue weighted by molar-refractivity contribution is -0.121. The van der Waals surface area contributed by atoms with Crippen LogP contribution in [-0.4, -0.2) is 30.1 Å². The summed E-state index contributed by atoms with van der Waals surface area (Å²) < 4.78 is 0. The number of hydrogen-bond donors (Lipinski definition) is 1. The summed E-state index contributed by atoms with van der Waals surface area (Å²) in [6, 6.07) is 4.86. The van der Waals surface area contributed by atoms with Gasteiger partial charge in [-0.25, -0.2) is 0 Å². The SMILES string of the molecule is CN(C)C(=O)/C(Cl)=N/Nc1ccc(Cl)c(Cl)c1. The van der Waals surface area contributed by atoms with Gasteiger partial charge in [-0.2, -0.15) is 5.10 Å². The average molecular weight is 295 g/mol. The van der Waals surface area contributed by atoms with Crippen molar-refractivity contribution in [2.75, 3.05) is 19.5 Å². The second kappa shape index (κ2) is 6.10. The van der Waals surface area contributed by atoms with E-state index in [1.165, 1.54) is 4.90 Å². The summed E-state index contributed by atoms with van der Waals surface area (Å²) in [5, 5.41) is 4.39. The first-order valence-electron chi connectivity index (χ1n) is 4.57. The van der Waals surface area contributed by atoms with Crippen molar-refractivity contribution in [3.05, 3.63) is 28.2 Å². The Bertz CT molecular complexity index is 460. The highest BCUT2D eigenvalue weighted by molar-refractivity contribution is 6.82. The van der Waals surface area contributed by atoms with Crippen LogP contribution >= 0.6 is 34.8 Å². The molecule has 0 atom stereocenters. The van der Waals surface area contributed by atoms with Crippen molar-refractivity contribution < 1.29 is 4.79 Å². The third-order valence-corrected chi connectivity index (χ3v) is 2.77. The number of anilines is 1. The van der Waals surface area contributed by atoms with Crippen molar-refractivity contribution in [1.29, 1.82) is 0 Å². The number of hydrazone groups is 1. The summed E-state index contributed by atoms with van der Waals surface area (Å²) in [4.78, 5) is 12.7. The van der Waals surface area contributed by atoms with Gasteiger partial charge in [0.15, 0.2) is 0 Å². The second-order valence-electron chi connectivity index (χ2n) is 3.34. The van der Waals surface area contributed by atoms with Crippen molar-refractivity contribution >= 4 is 51.6 Å². The van der Waals surface area contributed by atoms with E-state index in [9.17, 15) is 4.79 Å². The van der Waals surface area contributed by atoms with Crippen molar-refractivity contribution in [3.8, 4) is 0 Å². The lowest BCUT2D eigenvalue weighted by atomic mass is 10.3. The number of nitrogens with zero attached hydrogens (tertiary/aromatic N) is 2. The maximum atomic E-state index is 11.4. The van der Waals surface area contributed by atoms with Crippen LogP contribution in [-0.2, 0) is 4.79 Å². The second-order valence-corrected chi connectivity index (χ2v) is 4.52. The van der Waals surface area contributed by atoms with Crippen LogP contribution in [0.1, 0.15) is 0 Å². The minimum atomic E-state index is -0.390. The van der Waals surface area contributed by atoms with Crippen molar-refractivity contribution in [2.24, 2.45) is 5.10 Å². The maximum absolute atomic E-state index is 11.4. The molecule has 0 saturated carbocycles. The fraction of sp³-hybridized carbons (Fsp3) is 0.200. The minimum absolute atomic E-state index is 0.166. The normalized spacial score (nSPS) is 11.2. The van der Waals surface area contributed by atoms with Gasteiger partial charge in [-0.15, -0.1) is 0 Å². The van der Waals surface area contributed by atoms with E-state index in [1.54, 1.807) is 32.3 Å². The number of rotatable bonds is 3. The summed E-state index contributed by atoms with van der Waals surface area (Å²) in [5.41, 5.74) is 3.20. The molecule has 4 nitrogen and oxygen atoms in total. The first kappa shape index (κ1) is 14.1. The molecule has 1 N–H and O–H groups in total. The monoisotopic (exact) mass is 293 g/mol. The molecule has 0 aliphatic carbocycles. The molecule has 0 radical (unpaired) electrons. The molecule has 0 aliphatic heterocycles. The van der Waals surface area contributed by atoms with Gasteiger partial charge in [-0.3, -0.25) is 10.2 Å². The number of halogens is 3. The van der Waals surface area contributed by atoms with Gasteiger partial charge in [0.05, 0.1) is 15.7 Å². The maximum Gasteiger partial charge on any atom is 0.285 e. The average Bonchev–Trinajstić information content (AvgIpc) is 2.29. The van der Waals surface area contributed by atoms with E-state index in [1.807, 2.05) is 0 Å². The highest BCUT2D eigenvalue weighted by atomic mass is 35.5. The van der Waals surface area contributed by atoms with E-state index in [2.05, 4.69) is 10.5 Å². The first-order chi connectivity index (χ1) is 7.91. The predicted octanol–water partition coefficient (Wildman–Crippen LogP) is 3.05. The van der Waals surface area contributed by atoms with Gasteiger partial charge in [-0.1, -0.05) is 34.8 Å². The molecular formula is C10H10Cl3N3O. The molecule has 1 rings (SSSR count). The number of nitrogens with one attached hydrogen (secondary N) is 1. The number of carbonyl (C=O) groups excluding carboxylic acids is 1. The summed E-state index contributed by atoms with van der Waals surface area (Å²) in [5.74, 6) is -0.390. The summed E-state index contributed by atoms with van der Waals surface area (Å²) in [6.45, 7) is 0. The Balaban J connectivity index is 2.76. The van der Waals surface area contributed by atoms with E-state index in [0.29, 0.717) is 15.7 Å². The van der Waals surface area contributed by atoms with Gasteiger partial charge in [0.25, 0.3) is 5.91 Å². The molecule has 0 heterocycles. The number of benzene rings is 1. The van der Waals surface area contributed by atoms with E-state index >= 15 is 0 Å². The highest BCUT2D eigenvalue weighted by Gasteiger charge is 2.10. The van der Waals surface area contributed by atoms with E-state index in [-0.39, 0.29) is 11.1 Å². The van der Waals surface area contributed by atoms with Gasteiger partial charge in [-0.05, 0) is 18.2 Å². The molecule has 1 amide bonds. The zero-order chi connectivity index (χ0) is 13.0. The lowest BCUT2D eigenvalue weighted by Gasteiger charge is -2.08. The number of hydrogen-bond acceptors (Lipinski definition) is 3. The Hall–Kier alpha value is -0.970. The quantitative estimate of drug-likeness (QED) is 0.688. The molecule has 0 aliphatic rings. The third kappa shape index (κ3) is 4.07. The van der Waals surface area contributed by atoms with Crippen molar-refractivity contribution in [2.45, 2.75) is 0 Å². The number of carbonyl (C=O) groups is 1. The van der Waals surface area contributed by atoms with E-state index in [4.69, 9.17) is 34.8 Å². The lowest BCUT2D eigenvalue weighted by Crippen LogP contribution is -2.27. The fourth-order valence-corrected chi connectivity index (χ4v) is 1.42. The Morgan fingerprint density at radius 3 is 2.47 bits per heavy atom. The van der Waals surface area contributed by atoms with Crippen LogP contribution in [0.3, 0.4) is 0 Å². The van der Waals surface area contributed by atoms with Crippen LogP contribution < -0.4 is 5.43 Å². The fourth-order valence-electron chi connectivity index (χ4n) is 0.912. The Morgan fingerprint density at radius 1 is 1.29 bits per heavy atom. The minimum Gasteiger partial charge on any atom is -0.343 e. The predicted molar refractivity (Wildman–Crippen MR) is 72.1 cm³/mol. The molecule has 92 valence electrons. The topological polar surface area (TPSA) is 44.7 Å². The molecule has 0 aromatic heterocycles.